The Balaban J connectivity index is 1.59. The van der Waals surface area contributed by atoms with Crippen molar-refractivity contribution in [2.45, 2.75) is 12.5 Å². The van der Waals surface area contributed by atoms with Crippen LogP contribution in [0.15, 0.2) is 36.8 Å². The molecular weight excluding hydrogens is 298 g/mol. The summed E-state index contributed by atoms with van der Waals surface area (Å²) in [6.45, 7) is 1.48. The van der Waals surface area contributed by atoms with E-state index in [1.807, 2.05) is 18.2 Å². The second-order valence-electron chi connectivity index (χ2n) is 5.19. The highest BCUT2D eigenvalue weighted by atomic mass is 16.4. The molecule has 1 fully saturated rings. The van der Waals surface area contributed by atoms with Gasteiger partial charge in [-0.3, -0.25) is 4.79 Å². The smallest absolute Gasteiger partial charge is 0.356 e. The minimum absolute atomic E-state index is 0.00884. The van der Waals surface area contributed by atoms with E-state index in [2.05, 4.69) is 25.2 Å². The maximum absolute atomic E-state index is 12.1. The molecule has 1 saturated heterocycles. The van der Waals surface area contributed by atoms with E-state index in [1.54, 1.807) is 6.20 Å². The molecule has 0 aromatic carbocycles. The van der Waals surface area contributed by atoms with Crippen LogP contribution in [0.2, 0.25) is 0 Å². The molecule has 8 heteroatoms. The molecule has 0 spiro atoms. The summed E-state index contributed by atoms with van der Waals surface area (Å²) < 4.78 is 0. The van der Waals surface area contributed by atoms with E-state index in [9.17, 15) is 9.59 Å². The van der Waals surface area contributed by atoms with Crippen molar-refractivity contribution in [3.8, 4) is 0 Å². The normalized spacial score (nSPS) is 17.0. The molecule has 23 heavy (non-hydrogen) atoms. The molecule has 0 saturated carbocycles. The number of anilines is 1. The van der Waals surface area contributed by atoms with E-state index in [1.165, 1.54) is 6.20 Å². The first-order valence-corrected chi connectivity index (χ1v) is 7.15. The zero-order valence-corrected chi connectivity index (χ0v) is 12.2. The highest BCUT2D eigenvalue weighted by molar-refractivity contribution is 5.93. The lowest BCUT2D eigenvalue weighted by atomic mass is 10.2. The minimum Gasteiger partial charge on any atom is -0.476 e. The van der Waals surface area contributed by atoms with Crippen molar-refractivity contribution in [2.75, 3.05) is 18.0 Å². The number of aromatic carboxylic acids is 1. The molecule has 8 nitrogen and oxygen atoms in total. The molecule has 3 heterocycles. The summed E-state index contributed by atoms with van der Waals surface area (Å²) >= 11 is 0. The summed E-state index contributed by atoms with van der Waals surface area (Å²) in [6, 6.07) is 5.71. The number of pyridine rings is 1. The van der Waals surface area contributed by atoms with Crippen molar-refractivity contribution >= 4 is 17.7 Å². The third-order valence-corrected chi connectivity index (χ3v) is 3.60. The first-order chi connectivity index (χ1) is 11.1. The molecule has 0 bridgehead atoms. The first-order valence-electron chi connectivity index (χ1n) is 7.15. The lowest BCUT2D eigenvalue weighted by Crippen LogP contribution is -2.37. The number of amides is 1. The summed E-state index contributed by atoms with van der Waals surface area (Å²) in [5, 5.41) is 11.7. The van der Waals surface area contributed by atoms with Gasteiger partial charge in [-0.1, -0.05) is 6.07 Å². The Morgan fingerprint density at radius 1 is 1.17 bits per heavy atom. The monoisotopic (exact) mass is 313 g/mol. The average Bonchev–Trinajstić information content (AvgIpc) is 3.04. The summed E-state index contributed by atoms with van der Waals surface area (Å²) in [6.07, 6.45) is 4.79. The highest BCUT2D eigenvalue weighted by Crippen LogP contribution is 2.17. The van der Waals surface area contributed by atoms with E-state index >= 15 is 0 Å². The fraction of sp³-hybridized carbons (Fsp3) is 0.267. The summed E-state index contributed by atoms with van der Waals surface area (Å²) in [7, 11) is 0. The highest BCUT2D eigenvalue weighted by Gasteiger charge is 2.25. The van der Waals surface area contributed by atoms with Crippen LogP contribution >= 0.6 is 0 Å². The van der Waals surface area contributed by atoms with Gasteiger partial charge in [0.1, 0.15) is 11.5 Å². The summed E-state index contributed by atoms with van der Waals surface area (Å²) in [4.78, 5) is 36.8. The van der Waals surface area contributed by atoms with Crippen LogP contribution in [-0.2, 0) is 0 Å². The van der Waals surface area contributed by atoms with Gasteiger partial charge in [0.05, 0.1) is 12.4 Å². The van der Waals surface area contributed by atoms with E-state index in [0.717, 1.165) is 25.0 Å². The van der Waals surface area contributed by atoms with Crippen LogP contribution in [0.3, 0.4) is 0 Å². The molecule has 1 aliphatic heterocycles. The van der Waals surface area contributed by atoms with Crippen molar-refractivity contribution in [2.24, 2.45) is 0 Å². The lowest BCUT2D eigenvalue weighted by Gasteiger charge is -2.17. The fourth-order valence-electron chi connectivity index (χ4n) is 2.44. The predicted molar refractivity (Wildman–Crippen MR) is 81.3 cm³/mol. The number of carboxylic acids is 1. The standard InChI is InChI=1S/C15H15N5O3/c21-14(11-7-18-12(8-17-11)15(22)23)19-10-4-6-20(9-10)13-3-1-2-5-16-13/h1-3,5,7-8,10H,4,6,9H2,(H,19,21)(H,22,23). The second kappa shape index (κ2) is 6.39. The molecule has 118 valence electrons. The SMILES string of the molecule is O=C(O)c1cnc(C(=O)NC2CCN(c3ccccn3)C2)cn1. The number of carbonyl (C=O) groups is 2. The van der Waals surface area contributed by atoms with E-state index in [4.69, 9.17) is 5.11 Å². The zero-order valence-electron chi connectivity index (χ0n) is 12.2. The lowest BCUT2D eigenvalue weighted by molar-refractivity contribution is 0.0689. The molecule has 2 aromatic heterocycles. The van der Waals surface area contributed by atoms with E-state index in [0.29, 0.717) is 6.54 Å². The molecular formula is C15H15N5O3. The van der Waals surface area contributed by atoms with Crippen molar-refractivity contribution in [1.29, 1.82) is 0 Å². The van der Waals surface area contributed by atoms with E-state index in [-0.39, 0.29) is 23.3 Å². The Kier molecular flexibility index (Phi) is 4.13. The first kappa shape index (κ1) is 14.9. The number of aromatic nitrogens is 3. The molecule has 1 aliphatic rings. The Morgan fingerprint density at radius 2 is 1.96 bits per heavy atom. The van der Waals surface area contributed by atoms with Gasteiger partial charge in [-0.25, -0.2) is 19.7 Å². The van der Waals surface area contributed by atoms with Gasteiger partial charge in [-0.15, -0.1) is 0 Å². The van der Waals surface area contributed by atoms with Gasteiger partial charge in [0.15, 0.2) is 5.69 Å². The molecule has 1 amide bonds. The third-order valence-electron chi connectivity index (χ3n) is 3.60. The molecule has 1 unspecified atom stereocenters. The number of carbonyl (C=O) groups excluding carboxylic acids is 1. The maximum Gasteiger partial charge on any atom is 0.356 e. The minimum atomic E-state index is -1.17. The van der Waals surface area contributed by atoms with Crippen LogP contribution in [-0.4, -0.2) is 51.1 Å². The molecule has 0 radical (unpaired) electrons. The van der Waals surface area contributed by atoms with Crippen LogP contribution in [0, 0.1) is 0 Å². The Bertz CT molecular complexity index is 705. The third kappa shape index (κ3) is 3.42. The van der Waals surface area contributed by atoms with Gasteiger partial charge in [0.2, 0.25) is 0 Å². The van der Waals surface area contributed by atoms with Gasteiger partial charge < -0.3 is 15.3 Å². The molecule has 1 atom stereocenters. The largest absolute Gasteiger partial charge is 0.476 e. The zero-order chi connectivity index (χ0) is 16.2. The van der Waals surface area contributed by atoms with Crippen LogP contribution in [0.5, 0.6) is 0 Å². The number of hydrogen-bond donors (Lipinski definition) is 2. The van der Waals surface area contributed by atoms with Gasteiger partial charge in [-0.2, -0.15) is 0 Å². The van der Waals surface area contributed by atoms with Crippen molar-refractivity contribution in [1.82, 2.24) is 20.3 Å². The Hall–Kier alpha value is -3.03. The second-order valence-corrected chi connectivity index (χ2v) is 5.19. The molecule has 2 N–H and O–H groups in total. The Labute approximate surface area is 132 Å². The van der Waals surface area contributed by atoms with Crippen molar-refractivity contribution < 1.29 is 14.7 Å². The van der Waals surface area contributed by atoms with Crippen molar-refractivity contribution in [3.63, 3.8) is 0 Å². The molecule has 3 rings (SSSR count). The summed E-state index contributed by atoms with van der Waals surface area (Å²) in [5.41, 5.74) is -0.0879. The number of hydrogen-bond acceptors (Lipinski definition) is 6. The van der Waals surface area contributed by atoms with Crippen LogP contribution in [0.4, 0.5) is 5.82 Å². The van der Waals surface area contributed by atoms with Gasteiger partial charge >= 0.3 is 5.97 Å². The summed E-state index contributed by atoms with van der Waals surface area (Å²) in [5.74, 6) is -0.650. The number of carboxylic acid groups (broad SMARTS) is 1. The Morgan fingerprint density at radius 3 is 2.61 bits per heavy atom. The number of nitrogens with one attached hydrogen (secondary N) is 1. The topological polar surface area (TPSA) is 108 Å². The average molecular weight is 313 g/mol. The number of rotatable bonds is 4. The molecule has 2 aromatic rings. The predicted octanol–water partition coefficient (Wildman–Crippen LogP) is 0.578. The maximum atomic E-state index is 12.1. The van der Waals surface area contributed by atoms with Gasteiger partial charge in [-0.05, 0) is 18.6 Å². The quantitative estimate of drug-likeness (QED) is 0.849. The van der Waals surface area contributed by atoms with Gasteiger partial charge in [0, 0.05) is 25.3 Å². The fourth-order valence-corrected chi connectivity index (χ4v) is 2.44. The number of nitrogens with zero attached hydrogens (tertiary/aromatic N) is 4. The molecule has 0 aliphatic carbocycles. The van der Waals surface area contributed by atoms with Crippen LogP contribution in [0.25, 0.3) is 0 Å². The van der Waals surface area contributed by atoms with Crippen LogP contribution < -0.4 is 10.2 Å². The van der Waals surface area contributed by atoms with E-state index < -0.39 is 5.97 Å². The van der Waals surface area contributed by atoms with Crippen LogP contribution in [0.1, 0.15) is 27.4 Å². The van der Waals surface area contributed by atoms with Gasteiger partial charge in [0.25, 0.3) is 5.91 Å². The van der Waals surface area contributed by atoms with Crippen molar-refractivity contribution in [3.05, 3.63) is 48.2 Å².